The summed E-state index contributed by atoms with van der Waals surface area (Å²) >= 11 is 0. The molecule has 28 heavy (non-hydrogen) atoms. The van der Waals surface area contributed by atoms with E-state index in [1.807, 2.05) is 55.5 Å². The zero-order valence-electron chi connectivity index (χ0n) is 15.9. The third-order valence-electron chi connectivity index (χ3n) is 4.77. The van der Waals surface area contributed by atoms with Gasteiger partial charge in [0.2, 0.25) is 5.91 Å². The summed E-state index contributed by atoms with van der Waals surface area (Å²) in [6.07, 6.45) is 0.738. The van der Waals surface area contributed by atoms with Crippen LogP contribution >= 0.6 is 0 Å². The van der Waals surface area contributed by atoms with Gasteiger partial charge in [0, 0.05) is 0 Å². The first-order valence-electron chi connectivity index (χ1n) is 9.04. The van der Waals surface area contributed by atoms with Crippen molar-refractivity contribution in [1.29, 1.82) is 0 Å². The lowest BCUT2D eigenvalue weighted by atomic mass is 9.85. The highest BCUT2D eigenvalue weighted by molar-refractivity contribution is 5.78. The minimum absolute atomic E-state index is 0.0262. The van der Waals surface area contributed by atoms with Crippen LogP contribution in [0.2, 0.25) is 0 Å². The number of rotatable bonds is 8. The summed E-state index contributed by atoms with van der Waals surface area (Å²) in [5, 5.41) is 18.6. The number of aryl methyl sites for hydroxylation is 1. The fourth-order valence-electron chi connectivity index (χ4n) is 3.01. The average molecular weight is 389 g/mol. The van der Waals surface area contributed by atoms with Crippen molar-refractivity contribution in [2.75, 3.05) is 0 Å². The normalized spacial score (nSPS) is 14.8. The molecule has 0 saturated carbocycles. The van der Waals surface area contributed by atoms with Crippen LogP contribution in [0.1, 0.15) is 30.9 Å². The third-order valence-corrected chi connectivity index (χ3v) is 4.77. The molecule has 4 nitrogen and oxygen atoms in total. The Balaban J connectivity index is 2.00. The van der Waals surface area contributed by atoms with Gasteiger partial charge in [-0.1, -0.05) is 66.2 Å². The predicted molar refractivity (Wildman–Crippen MR) is 105 cm³/mol. The molecular weight excluding hydrogens is 364 g/mol. The van der Waals surface area contributed by atoms with Crippen LogP contribution in [0.4, 0.5) is 8.78 Å². The summed E-state index contributed by atoms with van der Waals surface area (Å²) in [5.41, 5.74) is 3.17. The van der Waals surface area contributed by atoms with E-state index in [-0.39, 0.29) is 6.42 Å². The minimum Gasteiger partial charge on any atom is -0.383 e. The van der Waals surface area contributed by atoms with Crippen LogP contribution in [0, 0.1) is 12.8 Å². The molecule has 2 aromatic carbocycles. The van der Waals surface area contributed by atoms with Gasteiger partial charge < -0.3 is 5.11 Å². The first-order chi connectivity index (χ1) is 13.3. The van der Waals surface area contributed by atoms with Gasteiger partial charge in [0.1, 0.15) is 5.60 Å². The molecule has 0 unspecified atom stereocenters. The Hall–Kier alpha value is -2.57. The molecule has 0 aliphatic carbocycles. The molecule has 0 bridgehead atoms. The highest BCUT2D eigenvalue weighted by Crippen LogP contribution is 2.29. The van der Waals surface area contributed by atoms with Crippen LogP contribution in [-0.4, -0.2) is 28.2 Å². The quantitative estimate of drug-likeness (QED) is 0.457. The van der Waals surface area contributed by atoms with Crippen molar-refractivity contribution < 1.29 is 23.9 Å². The number of halogens is 2. The van der Waals surface area contributed by atoms with Gasteiger partial charge in [-0.15, -0.1) is 0 Å². The molecule has 0 heterocycles. The van der Waals surface area contributed by atoms with Crippen molar-refractivity contribution >= 4 is 12.0 Å². The van der Waals surface area contributed by atoms with E-state index in [9.17, 15) is 18.7 Å². The second-order valence-corrected chi connectivity index (χ2v) is 7.03. The Bertz CT molecular complexity index is 817. The lowest BCUT2D eigenvalue weighted by Crippen LogP contribution is -2.49. The van der Waals surface area contributed by atoms with Gasteiger partial charge in [-0.2, -0.15) is 0 Å². The summed E-state index contributed by atoms with van der Waals surface area (Å²) in [4.78, 5) is 11.6. The van der Waals surface area contributed by atoms with Crippen LogP contribution in [0.3, 0.4) is 0 Å². The lowest BCUT2D eigenvalue weighted by molar-refractivity contribution is -0.159. The molecule has 0 radical (unpaired) electrons. The molecule has 1 amide bonds. The molecule has 2 atom stereocenters. The molecule has 0 fully saturated rings. The van der Waals surface area contributed by atoms with Gasteiger partial charge in [-0.3, -0.25) is 10.0 Å². The molecule has 0 aromatic heterocycles. The van der Waals surface area contributed by atoms with Gasteiger partial charge in [-0.25, -0.2) is 14.3 Å². The molecule has 2 rings (SSSR count). The van der Waals surface area contributed by atoms with Crippen LogP contribution in [0.15, 0.2) is 54.6 Å². The SMILES string of the molecule is Cc1cccc(-c2ccc(/C=C/CC[C@H](C(=O)NO)[C@](C)(O)C(F)F)cc2)c1. The molecule has 6 heteroatoms. The van der Waals surface area contributed by atoms with E-state index >= 15 is 0 Å². The average Bonchev–Trinajstić information content (AvgIpc) is 2.67. The number of amides is 1. The van der Waals surface area contributed by atoms with Gasteiger partial charge >= 0.3 is 0 Å². The standard InChI is InChI=1S/C22H25F2NO3/c1-15-6-5-8-18(14-15)17-12-10-16(11-13-17)7-3-4-9-19(20(26)25-28)22(2,27)21(23)24/h3,5-8,10-14,19,21,27-28H,4,9H2,1-2H3,(H,25,26)/b7-3+/t19-,22+/m1/s1. The number of hydroxylamine groups is 1. The maximum Gasteiger partial charge on any atom is 0.267 e. The number of benzene rings is 2. The number of aliphatic hydroxyl groups is 1. The molecule has 0 saturated heterocycles. The Kier molecular flexibility index (Phi) is 7.43. The summed E-state index contributed by atoms with van der Waals surface area (Å²) in [7, 11) is 0. The Labute approximate surface area is 163 Å². The van der Waals surface area contributed by atoms with E-state index in [1.165, 1.54) is 11.0 Å². The van der Waals surface area contributed by atoms with Crippen molar-refractivity contribution in [2.45, 2.75) is 38.7 Å². The monoisotopic (exact) mass is 389 g/mol. The molecule has 2 aromatic rings. The number of carbonyl (C=O) groups excluding carboxylic acids is 1. The van der Waals surface area contributed by atoms with Crippen LogP contribution in [0.5, 0.6) is 0 Å². The van der Waals surface area contributed by atoms with E-state index < -0.39 is 23.9 Å². The molecule has 150 valence electrons. The molecule has 3 N–H and O–H groups in total. The maximum atomic E-state index is 13.0. The Morgan fingerprint density at radius 3 is 2.43 bits per heavy atom. The number of alkyl halides is 2. The first kappa shape index (κ1) is 21.7. The van der Waals surface area contributed by atoms with Gasteiger partial charge in [-0.05, 0) is 43.4 Å². The summed E-state index contributed by atoms with van der Waals surface area (Å²) in [6, 6.07) is 16.1. The van der Waals surface area contributed by atoms with Crippen LogP contribution in [0.25, 0.3) is 17.2 Å². The lowest BCUT2D eigenvalue weighted by Gasteiger charge is -2.30. The fourth-order valence-corrected chi connectivity index (χ4v) is 3.01. The minimum atomic E-state index is -3.10. The zero-order valence-corrected chi connectivity index (χ0v) is 15.9. The van der Waals surface area contributed by atoms with E-state index in [2.05, 4.69) is 6.07 Å². The third kappa shape index (κ3) is 5.47. The van der Waals surface area contributed by atoms with E-state index in [4.69, 9.17) is 5.21 Å². The second kappa shape index (κ2) is 9.57. The van der Waals surface area contributed by atoms with Crippen LogP contribution in [-0.2, 0) is 4.79 Å². The van der Waals surface area contributed by atoms with Gasteiger partial charge in [0.25, 0.3) is 6.43 Å². The topological polar surface area (TPSA) is 69.6 Å². The predicted octanol–water partition coefficient (Wildman–Crippen LogP) is 4.59. The summed E-state index contributed by atoms with van der Waals surface area (Å²) in [6.45, 7) is 2.93. The van der Waals surface area contributed by atoms with Crippen molar-refractivity contribution in [3.05, 3.63) is 65.7 Å². The Morgan fingerprint density at radius 2 is 1.86 bits per heavy atom. The molecule has 0 aliphatic heterocycles. The van der Waals surface area contributed by atoms with Crippen molar-refractivity contribution in [3.63, 3.8) is 0 Å². The zero-order chi connectivity index (χ0) is 20.7. The van der Waals surface area contributed by atoms with Gasteiger partial charge in [0.05, 0.1) is 5.92 Å². The smallest absolute Gasteiger partial charge is 0.267 e. The van der Waals surface area contributed by atoms with Crippen molar-refractivity contribution in [3.8, 4) is 11.1 Å². The number of carbonyl (C=O) groups is 1. The van der Waals surface area contributed by atoms with E-state index in [1.54, 1.807) is 6.08 Å². The van der Waals surface area contributed by atoms with E-state index in [0.717, 1.165) is 23.6 Å². The maximum absolute atomic E-state index is 13.0. The fraction of sp³-hybridized carbons (Fsp3) is 0.318. The highest BCUT2D eigenvalue weighted by Gasteiger charge is 2.44. The number of nitrogens with one attached hydrogen (secondary N) is 1. The summed E-state index contributed by atoms with van der Waals surface area (Å²) in [5.74, 6) is -2.45. The largest absolute Gasteiger partial charge is 0.383 e. The van der Waals surface area contributed by atoms with Crippen molar-refractivity contribution in [2.24, 2.45) is 5.92 Å². The number of hydrogen-bond acceptors (Lipinski definition) is 3. The van der Waals surface area contributed by atoms with Crippen LogP contribution < -0.4 is 5.48 Å². The first-order valence-corrected chi connectivity index (χ1v) is 9.04. The Morgan fingerprint density at radius 1 is 1.18 bits per heavy atom. The number of hydrogen-bond donors (Lipinski definition) is 3. The second-order valence-electron chi connectivity index (χ2n) is 7.03. The molecular formula is C22H25F2NO3. The number of allylic oxidation sites excluding steroid dienone is 1. The van der Waals surface area contributed by atoms with E-state index in [0.29, 0.717) is 6.42 Å². The summed E-state index contributed by atoms with van der Waals surface area (Å²) < 4.78 is 26.0. The highest BCUT2D eigenvalue weighted by atomic mass is 19.3. The van der Waals surface area contributed by atoms with Gasteiger partial charge in [0.15, 0.2) is 0 Å². The molecule has 0 aliphatic rings. The molecule has 0 spiro atoms. The van der Waals surface area contributed by atoms with Crippen molar-refractivity contribution in [1.82, 2.24) is 5.48 Å².